The zero-order valence-electron chi connectivity index (χ0n) is 19.6. The maximum absolute atomic E-state index is 13.3. The normalized spacial score (nSPS) is 10.8. The molecule has 0 saturated heterocycles. The Balaban J connectivity index is 1.65. The molecule has 0 fully saturated rings. The first kappa shape index (κ1) is 23.6. The smallest absolute Gasteiger partial charge is 0.269 e. The molecule has 4 rings (SSSR count). The number of ether oxygens (including phenoxy) is 1. The van der Waals surface area contributed by atoms with Gasteiger partial charge in [0.25, 0.3) is 17.2 Å². The van der Waals surface area contributed by atoms with Crippen LogP contribution in [0.25, 0.3) is 10.9 Å². The molecule has 35 heavy (non-hydrogen) atoms. The van der Waals surface area contributed by atoms with Crippen LogP contribution in [0.15, 0.2) is 65.5 Å². The summed E-state index contributed by atoms with van der Waals surface area (Å²) >= 11 is 0. The predicted molar refractivity (Wildman–Crippen MR) is 132 cm³/mol. The number of nitro benzene ring substituents is 1. The summed E-state index contributed by atoms with van der Waals surface area (Å²) in [6.45, 7) is 2.33. The van der Waals surface area contributed by atoms with E-state index >= 15 is 0 Å². The van der Waals surface area contributed by atoms with Crippen molar-refractivity contribution in [3.8, 4) is 5.75 Å². The number of benzene rings is 3. The van der Waals surface area contributed by atoms with Crippen molar-refractivity contribution in [2.45, 2.75) is 19.9 Å². The molecule has 0 aliphatic rings. The number of fused-ring (bicyclic) bond motifs is 1. The van der Waals surface area contributed by atoms with Crippen molar-refractivity contribution in [1.82, 2.24) is 14.9 Å². The van der Waals surface area contributed by atoms with Crippen LogP contribution in [0.2, 0.25) is 0 Å². The van der Waals surface area contributed by atoms with Gasteiger partial charge in [0.2, 0.25) is 0 Å². The number of hydrogen-bond acceptors (Lipinski definition) is 6. The van der Waals surface area contributed by atoms with Gasteiger partial charge >= 0.3 is 0 Å². The Hall–Kier alpha value is -4.53. The van der Waals surface area contributed by atoms with Crippen molar-refractivity contribution in [1.29, 1.82) is 0 Å². The van der Waals surface area contributed by atoms with Crippen LogP contribution >= 0.6 is 0 Å². The standard InChI is InChI=1S/C26H24N4O5/c1-16-4-6-18(7-5-16)15-27-25(31)20-12-13-21-23(24(20)35-3)26(32)29(2)22(28-21)14-17-8-10-19(11-9-17)30(33)34/h4-13H,14-15H2,1-3H3,(H,27,31). The number of non-ortho nitro benzene ring substituents is 1. The van der Waals surface area contributed by atoms with Crippen molar-refractivity contribution in [3.05, 3.63) is 109 Å². The molecule has 0 radical (unpaired) electrons. The maximum Gasteiger partial charge on any atom is 0.269 e. The second kappa shape index (κ2) is 9.76. The Labute approximate surface area is 201 Å². The van der Waals surface area contributed by atoms with Gasteiger partial charge in [0.15, 0.2) is 0 Å². The number of rotatable bonds is 7. The number of nitrogens with zero attached hydrogens (tertiary/aromatic N) is 3. The Morgan fingerprint density at radius 3 is 2.34 bits per heavy atom. The summed E-state index contributed by atoms with van der Waals surface area (Å²) in [7, 11) is 3.01. The van der Waals surface area contributed by atoms with Gasteiger partial charge in [-0.2, -0.15) is 0 Å². The fourth-order valence-electron chi connectivity index (χ4n) is 3.82. The number of carbonyl (C=O) groups excluding carboxylic acids is 1. The van der Waals surface area contributed by atoms with E-state index in [-0.39, 0.29) is 33.9 Å². The largest absolute Gasteiger partial charge is 0.495 e. The highest BCUT2D eigenvalue weighted by Crippen LogP contribution is 2.27. The number of nitrogens with one attached hydrogen (secondary N) is 1. The van der Waals surface area contributed by atoms with Crippen molar-refractivity contribution < 1.29 is 14.5 Å². The van der Waals surface area contributed by atoms with Crippen LogP contribution < -0.4 is 15.6 Å². The van der Waals surface area contributed by atoms with E-state index in [1.54, 1.807) is 31.3 Å². The zero-order chi connectivity index (χ0) is 25.1. The highest BCUT2D eigenvalue weighted by Gasteiger charge is 2.20. The molecule has 0 aliphatic heterocycles. The minimum atomic E-state index is -0.464. The molecule has 4 aromatic rings. The minimum Gasteiger partial charge on any atom is -0.495 e. The molecule has 1 N–H and O–H groups in total. The van der Waals surface area contributed by atoms with Gasteiger partial charge in [-0.15, -0.1) is 0 Å². The van der Waals surface area contributed by atoms with Gasteiger partial charge in [-0.25, -0.2) is 4.98 Å². The third-order valence-corrected chi connectivity index (χ3v) is 5.82. The van der Waals surface area contributed by atoms with E-state index in [1.807, 2.05) is 31.2 Å². The fraction of sp³-hybridized carbons (Fsp3) is 0.192. The van der Waals surface area contributed by atoms with Crippen LogP contribution in [-0.4, -0.2) is 27.5 Å². The molecule has 0 aliphatic carbocycles. The number of nitro groups is 1. The lowest BCUT2D eigenvalue weighted by Gasteiger charge is -2.14. The Kier molecular flexibility index (Phi) is 6.59. The molecule has 0 unspecified atom stereocenters. The van der Waals surface area contributed by atoms with Crippen molar-refractivity contribution >= 4 is 22.5 Å². The molecule has 1 heterocycles. The van der Waals surface area contributed by atoms with Crippen LogP contribution in [0, 0.1) is 17.0 Å². The molecule has 9 heteroatoms. The van der Waals surface area contributed by atoms with Crippen molar-refractivity contribution in [3.63, 3.8) is 0 Å². The molecule has 0 bridgehead atoms. The second-order valence-corrected chi connectivity index (χ2v) is 8.20. The van der Waals surface area contributed by atoms with Gasteiger partial charge in [-0.1, -0.05) is 42.0 Å². The number of hydrogen-bond donors (Lipinski definition) is 1. The quantitative estimate of drug-likeness (QED) is 0.324. The van der Waals surface area contributed by atoms with Crippen LogP contribution in [0.5, 0.6) is 5.75 Å². The SMILES string of the molecule is COc1c(C(=O)NCc2ccc(C)cc2)ccc2nc(Cc3ccc([N+](=O)[O-])cc3)n(C)c(=O)c12. The molecular weight excluding hydrogens is 448 g/mol. The Bertz CT molecular complexity index is 1480. The molecule has 0 atom stereocenters. The van der Waals surface area contributed by atoms with Gasteiger partial charge in [0, 0.05) is 32.1 Å². The number of amides is 1. The van der Waals surface area contributed by atoms with Crippen LogP contribution in [0.4, 0.5) is 5.69 Å². The first-order valence-electron chi connectivity index (χ1n) is 10.9. The summed E-state index contributed by atoms with van der Waals surface area (Å²) in [6.07, 6.45) is 0.306. The minimum absolute atomic E-state index is 0.00738. The van der Waals surface area contributed by atoms with E-state index in [4.69, 9.17) is 4.74 Å². The van der Waals surface area contributed by atoms with E-state index in [1.165, 1.54) is 23.8 Å². The molecular formula is C26H24N4O5. The molecule has 9 nitrogen and oxygen atoms in total. The Morgan fingerprint density at radius 1 is 1.06 bits per heavy atom. The monoisotopic (exact) mass is 472 g/mol. The average Bonchev–Trinajstić information content (AvgIpc) is 2.86. The fourth-order valence-corrected chi connectivity index (χ4v) is 3.82. The summed E-state index contributed by atoms with van der Waals surface area (Å²) in [5, 5.41) is 14.0. The molecule has 0 spiro atoms. The van der Waals surface area contributed by atoms with Crippen LogP contribution in [0.3, 0.4) is 0 Å². The summed E-state index contributed by atoms with van der Waals surface area (Å²) in [4.78, 5) is 41.2. The number of carbonyl (C=O) groups is 1. The predicted octanol–water partition coefficient (Wildman–Crippen LogP) is 3.68. The van der Waals surface area contributed by atoms with Crippen molar-refractivity contribution in [2.75, 3.05) is 7.11 Å². The summed E-state index contributed by atoms with van der Waals surface area (Å²) in [5.74, 6) is 0.287. The maximum atomic E-state index is 13.3. The first-order chi connectivity index (χ1) is 16.8. The van der Waals surface area contributed by atoms with Gasteiger partial charge in [0.1, 0.15) is 17.0 Å². The topological polar surface area (TPSA) is 116 Å². The lowest BCUT2D eigenvalue weighted by molar-refractivity contribution is -0.384. The van der Waals surface area contributed by atoms with Gasteiger partial charge in [-0.3, -0.25) is 24.3 Å². The first-order valence-corrected chi connectivity index (χ1v) is 10.9. The number of aryl methyl sites for hydroxylation is 1. The van der Waals surface area contributed by atoms with Gasteiger partial charge in [0.05, 0.1) is 23.1 Å². The molecule has 178 valence electrons. The van der Waals surface area contributed by atoms with Crippen molar-refractivity contribution in [2.24, 2.45) is 7.05 Å². The molecule has 3 aromatic carbocycles. The highest BCUT2D eigenvalue weighted by atomic mass is 16.6. The van der Waals surface area contributed by atoms with E-state index in [0.717, 1.165) is 16.7 Å². The summed E-state index contributed by atoms with van der Waals surface area (Å²) in [5.41, 5.74) is 3.15. The molecule has 0 saturated carbocycles. The third-order valence-electron chi connectivity index (χ3n) is 5.82. The summed E-state index contributed by atoms with van der Waals surface area (Å²) in [6, 6.07) is 17.2. The van der Waals surface area contributed by atoms with Crippen LogP contribution in [0.1, 0.15) is 32.9 Å². The van der Waals surface area contributed by atoms with Crippen LogP contribution in [-0.2, 0) is 20.0 Å². The average molecular weight is 473 g/mol. The van der Waals surface area contributed by atoms with E-state index in [2.05, 4.69) is 10.3 Å². The third kappa shape index (κ3) is 4.89. The van der Waals surface area contributed by atoms with Gasteiger partial charge in [-0.05, 0) is 30.2 Å². The zero-order valence-corrected chi connectivity index (χ0v) is 19.6. The molecule has 1 amide bonds. The second-order valence-electron chi connectivity index (χ2n) is 8.20. The number of methoxy groups -OCH3 is 1. The molecule has 1 aromatic heterocycles. The van der Waals surface area contributed by atoms with E-state index in [0.29, 0.717) is 24.3 Å². The van der Waals surface area contributed by atoms with E-state index < -0.39 is 4.92 Å². The highest BCUT2D eigenvalue weighted by molar-refractivity contribution is 6.02. The van der Waals surface area contributed by atoms with Gasteiger partial charge < -0.3 is 10.1 Å². The lowest BCUT2D eigenvalue weighted by atomic mass is 10.1. The lowest BCUT2D eigenvalue weighted by Crippen LogP contribution is -2.26. The summed E-state index contributed by atoms with van der Waals surface area (Å²) < 4.78 is 6.90. The van der Waals surface area contributed by atoms with E-state index in [9.17, 15) is 19.7 Å². The number of aromatic nitrogens is 2. The Morgan fingerprint density at radius 2 is 1.71 bits per heavy atom.